The summed E-state index contributed by atoms with van der Waals surface area (Å²) in [6.07, 6.45) is 2.82. The summed E-state index contributed by atoms with van der Waals surface area (Å²) in [5.41, 5.74) is 1.79. The maximum atomic E-state index is 12.1. The molecule has 0 saturated heterocycles. The summed E-state index contributed by atoms with van der Waals surface area (Å²) < 4.78 is 0. The van der Waals surface area contributed by atoms with E-state index in [0.29, 0.717) is 5.82 Å². The lowest BCUT2D eigenvalue weighted by Crippen LogP contribution is -2.15. The first-order valence-electron chi connectivity index (χ1n) is 6.56. The first kappa shape index (κ1) is 14.0. The number of anilines is 1. The molecular weight excluding hydrogens is 304 g/mol. The molecule has 0 bridgehead atoms. The smallest absolute Gasteiger partial charge is 0.231 e. The van der Waals surface area contributed by atoms with E-state index in [1.807, 2.05) is 29.8 Å². The van der Waals surface area contributed by atoms with Gasteiger partial charge in [-0.2, -0.15) is 5.10 Å². The number of thiophene rings is 1. The van der Waals surface area contributed by atoms with Crippen LogP contribution in [0.5, 0.6) is 0 Å². The second-order valence-electron chi connectivity index (χ2n) is 4.47. The van der Waals surface area contributed by atoms with Gasteiger partial charge in [-0.3, -0.25) is 9.89 Å². The van der Waals surface area contributed by atoms with Crippen molar-refractivity contribution < 1.29 is 4.79 Å². The first-order chi connectivity index (χ1) is 10.3. The molecule has 2 N–H and O–H groups in total. The van der Waals surface area contributed by atoms with Crippen molar-refractivity contribution in [2.24, 2.45) is 0 Å². The maximum Gasteiger partial charge on any atom is 0.231 e. The third-order valence-electron chi connectivity index (χ3n) is 2.99. The molecule has 0 aliphatic rings. The predicted octanol–water partition coefficient (Wildman–Crippen LogP) is 3.34. The third kappa shape index (κ3) is 3.20. The Morgan fingerprint density at radius 1 is 1.43 bits per heavy atom. The second kappa shape index (κ2) is 6.19. The number of thiazole rings is 1. The number of carbonyl (C=O) groups is 1. The van der Waals surface area contributed by atoms with Gasteiger partial charge >= 0.3 is 0 Å². The van der Waals surface area contributed by atoms with Crippen LogP contribution in [0, 0.1) is 0 Å². The van der Waals surface area contributed by atoms with Gasteiger partial charge in [0.15, 0.2) is 0 Å². The molecule has 0 unspecified atom stereocenters. The molecule has 0 aromatic carbocycles. The minimum absolute atomic E-state index is 0.0861. The largest absolute Gasteiger partial charge is 0.311 e. The highest BCUT2D eigenvalue weighted by atomic mass is 32.1. The van der Waals surface area contributed by atoms with Crippen molar-refractivity contribution in [2.45, 2.75) is 19.8 Å². The molecule has 0 saturated carbocycles. The summed E-state index contributed by atoms with van der Waals surface area (Å²) in [6, 6.07) is 4.03. The van der Waals surface area contributed by atoms with Crippen LogP contribution in [0.1, 0.15) is 18.2 Å². The summed E-state index contributed by atoms with van der Waals surface area (Å²) >= 11 is 3.22. The fourth-order valence-electron chi connectivity index (χ4n) is 1.94. The van der Waals surface area contributed by atoms with Crippen LogP contribution in [-0.4, -0.2) is 21.1 Å². The number of aryl methyl sites for hydroxylation is 1. The van der Waals surface area contributed by atoms with Crippen LogP contribution in [0.2, 0.25) is 0 Å². The molecule has 0 atom stereocenters. The monoisotopic (exact) mass is 318 g/mol. The third-order valence-corrected chi connectivity index (χ3v) is 4.92. The molecule has 0 fully saturated rings. The van der Waals surface area contributed by atoms with Gasteiger partial charge in [0.25, 0.3) is 0 Å². The molecule has 3 aromatic rings. The van der Waals surface area contributed by atoms with E-state index in [1.165, 1.54) is 0 Å². The zero-order chi connectivity index (χ0) is 14.7. The minimum atomic E-state index is -0.0861. The Hall–Kier alpha value is -1.99. The fraction of sp³-hybridized carbons (Fsp3) is 0.214. The van der Waals surface area contributed by atoms with Crippen LogP contribution >= 0.6 is 22.7 Å². The Kier molecular flexibility index (Phi) is 4.12. The molecular formula is C14H14N4OS2. The number of hydrogen-bond donors (Lipinski definition) is 2. The number of aromatic amines is 1. The quantitative estimate of drug-likeness (QED) is 0.758. The number of nitrogens with one attached hydrogen (secondary N) is 2. The lowest BCUT2D eigenvalue weighted by molar-refractivity contribution is -0.115. The molecule has 7 heteroatoms. The number of carbonyl (C=O) groups excluding carboxylic acids is 1. The van der Waals surface area contributed by atoms with Crippen LogP contribution in [-0.2, 0) is 17.6 Å². The number of nitrogens with zero attached hydrogens (tertiary/aromatic N) is 2. The molecule has 3 rings (SSSR count). The van der Waals surface area contributed by atoms with Gasteiger partial charge in [-0.05, 0) is 17.9 Å². The standard InChI is InChI=1S/C14H14N4OS2/c1-2-9-7-15-18-13(9)17-12(19)6-10-8-21-14(16-10)11-4-3-5-20-11/h3-5,7-8H,2,6H2,1H3,(H2,15,17,18,19). The van der Waals surface area contributed by atoms with Gasteiger partial charge in [0, 0.05) is 10.9 Å². The molecule has 0 radical (unpaired) electrons. The Balaban J connectivity index is 1.65. The number of hydrogen-bond acceptors (Lipinski definition) is 5. The average molecular weight is 318 g/mol. The van der Waals surface area contributed by atoms with Gasteiger partial charge in [0.2, 0.25) is 5.91 Å². The highest BCUT2D eigenvalue weighted by molar-refractivity contribution is 7.20. The van der Waals surface area contributed by atoms with Crippen molar-refractivity contribution in [2.75, 3.05) is 5.32 Å². The zero-order valence-electron chi connectivity index (χ0n) is 11.4. The van der Waals surface area contributed by atoms with E-state index in [9.17, 15) is 4.79 Å². The SMILES string of the molecule is CCc1cn[nH]c1NC(=O)Cc1csc(-c2cccs2)n1. The predicted molar refractivity (Wildman–Crippen MR) is 85.7 cm³/mol. The van der Waals surface area contributed by atoms with Gasteiger partial charge in [-0.1, -0.05) is 13.0 Å². The summed E-state index contributed by atoms with van der Waals surface area (Å²) in [5, 5.41) is 14.5. The summed E-state index contributed by atoms with van der Waals surface area (Å²) in [4.78, 5) is 17.7. The van der Waals surface area contributed by atoms with Crippen molar-refractivity contribution in [3.8, 4) is 9.88 Å². The van der Waals surface area contributed by atoms with Crippen LogP contribution < -0.4 is 5.32 Å². The molecule has 21 heavy (non-hydrogen) atoms. The Bertz CT molecular complexity index is 730. The maximum absolute atomic E-state index is 12.1. The second-order valence-corrected chi connectivity index (χ2v) is 6.28. The molecule has 0 aliphatic carbocycles. The highest BCUT2D eigenvalue weighted by Gasteiger charge is 2.12. The Morgan fingerprint density at radius 3 is 3.10 bits per heavy atom. The highest BCUT2D eigenvalue weighted by Crippen LogP contribution is 2.27. The fourth-order valence-corrected chi connectivity index (χ4v) is 3.57. The van der Waals surface area contributed by atoms with Crippen molar-refractivity contribution in [1.29, 1.82) is 0 Å². The van der Waals surface area contributed by atoms with Crippen molar-refractivity contribution >= 4 is 34.4 Å². The van der Waals surface area contributed by atoms with Gasteiger partial charge in [0.1, 0.15) is 10.8 Å². The molecule has 1 amide bonds. The molecule has 3 aromatic heterocycles. The minimum Gasteiger partial charge on any atom is -0.311 e. The van der Waals surface area contributed by atoms with E-state index in [4.69, 9.17) is 0 Å². The van der Waals surface area contributed by atoms with Crippen molar-refractivity contribution in [3.05, 3.63) is 40.3 Å². The van der Waals surface area contributed by atoms with E-state index in [2.05, 4.69) is 20.5 Å². The van der Waals surface area contributed by atoms with Crippen molar-refractivity contribution in [1.82, 2.24) is 15.2 Å². The lowest BCUT2D eigenvalue weighted by Gasteiger charge is -2.03. The van der Waals surface area contributed by atoms with E-state index in [1.54, 1.807) is 28.9 Å². The van der Waals surface area contributed by atoms with Crippen LogP contribution in [0.3, 0.4) is 0 Å². The Labute approximate surface area is 130 Å². The van der Waals surface area contributed by atoms with Gasteiger partial charge < -0.3 is 5.32 Å². The van der Waals surface area contributed by atoms with Crippen LogP contribution in [0.25, 0.3) is 9.88 Å². The van der Waals surface area contributed by atoms with Gasteiger partial charge in [-0.25, -0.2) is 4.98 Å². The van der Waals surface area contributed by atoms with Gasteiger partial charge in [-0.15, -0.1) is 22.7 Å². The van der Waals surface area contributed by atoms with Crippen LogP contribution in [0.4, 0.5) is 5.82 Å². The lowest BCUT2D eigenvalue weighted by atomic mass is 10.2. The molecule has 5 nitrogen and oxygen atoms in total. The van der Waals surface area contributed by atoms with E-state index >= 15 is 0 Å². The summed E-state index contributed by atoms with van der Waals surface area (Å²) in [7, 11) is 0. The van der Waals surface area contributed by atoms with Gasteiger partial charge in [0.05, 0.1) is 23.2 Å². The molecule has 0 aliphatic heterocycles. The number of amides is 1. The normalized spacial score (nSPS) is 10.7. The topological polar surface area (TPSA) is 70.7 Å². The average Bonchev–Trinajstić information content (AvgIpc) is 3.19. The molecule has 3 heterocycles. The van der Waals surface area contributed by atoms with Crippen molar-refractivity contribution in [3.63, 3.8) is 0 Å². The number of aromatic nitrogens is 3. The molecule has 0 spiro atoms. The van der Waals surface area contributed by atoms with E-state index < -0.39 is 0 Å². The van der Waals surface area contributed by atoms with Crippen LogP contribution in [0.15, 0.2) is 29.1 Å². The Morgan fingerprint density at radius 2 is 2.33 bits per heavy atom. The molecule has 108 valence electrons. The number of rotatable bonds is 5. The van der Waals surface area contributed by atoms with E-state index in [0.717, 1.165) is 27.6 Å². The van der Waals surface area contributed by atoms with E-state index in [-0.39, 0.29) is 12.3 Å². The summed E-state index contributed by atoms with van der Waals surface area (Å²) in [5.74, 6) is 0.591. The first-order valence-corrected chi connectivity index (χ1v) is 8.32. The summed E-state index contributed by atoms with van der Waals surface area (Å²) in [6.45, 7) is 2.02. The number of H-pyrrole nitrogens is 1. The zero-order valence-corrected chi connectivity index (χ0v) is 13.1.